The van der Waals surface area contributed by atoms with E-state index >= 15 is 0 Å². The van der Waals surface area contributed by atoms with Crippen molar-refractivity contribution in [3.63, 3.8) is 0 Å². The summed E-state index contributed by atoms with van der Waals surface area (Å²) in [5.41, 5.74) is 1.14. The van der Waals surface area contributed by atoms with Crippen LogP contribution in [0.5, 0.6) is 0 Å². The summed E-state index contributed by atoms with van der Waals surface area (Å²) in [5.74, 6) is 0.490. The normalized spacial score (nSPS) is 15.8. The molecule has 1 aromatic rings. The molecular formula is C12H14BrNO. The van der Waals surface area contributed by atoms with Crippen molar-refractivity contribution in [2.45, 2.75) is 25.8 Å². The number of nitrogens with one attached hydrogen (secondary N) is 1. The second kappa shape index (κ2) is 4.79. The van der Waals surface area contributed by atoms with Crippen LogP contribution in [0.25, 0.3) is 0 Å². The molecule has 0 aromatic heterocycles. The molecule has 0 bridgehead atoms. The number of halogens is 1. The summed E-state index contributed by atoms with van der Waals surface area (Å²) >= 11 is 3.38. The second-order valence-corrected chi connectivity index (χ2v) is 4.89. The van der Waals surface area contributed by atoms with Gasteiger partial charge in [0.15, 0.2) is 0 Å². The molecule has 1 aliphatic carbocycles. The van der Waals surface area contributed by atoms with E-state index in [0.717, 1.165) is 22.9 Å². The summed E-state index contributed by atoms with van der Waals surface area (Å²) in [7, 11) is 0. The van der Waals surface area contributed by atoms with E-state index in [1.807, 2.05) is 24.3 Å². The molecule has 1 aromatic carbocycles. The third-order valence-electron chi connectivity index (χ3n) is 2.86. The highest BCUT2D eigenvalue weighted by molar-refractivity contribution is 9.10. The van der Waals surface area contributed by atoms with Crippen LogP contribution < -0.4 is 5.32 Å². The molecule has 1 fully saturated rings. The maximum absolute atomic E-state index is 11.5. The lowest BCUT2D eigenvalue weighted by atomic mass is 9.85. The Morgan fingerprint density at radius 3 is 2.53 bits per heavy atom. The fourth-order valence-electron chi connectivity index (χ4n) is 1.61. The van der Waals surface area contributed by atoms with Gasteiger partial charge in [0, 0.05) is 16.9 Å². The molecule has 2 nitrogen and oxygen atoms in total. The molecule has 1 amide bonds. The van der Waals surface area contributed by atoms with Crippen LogP contribution in [0.15, 0.2) is 28.7 Å². The lowest BCUT2D eigenvalue weighted by molar-refractivity contribution is -0.127. The number of rotatable bonds is 3. The Bertz CT molecular complexity index is 343. The Hall–Kier alpha value is -0.830. The number of hydrogen-bond acceptors (Lipinski definition) is 1. The maximum Gasteiger partial charge on any atom is 0.223 e. The van der Waals surface area contributed by atoms with Crippen molar-refractivity contribution in [3.8, 4) is 0 Å². The standard InChI is InChI=1S/C12H14BrNO/c13-11-6-4-9(5-7-11)8-14-12(15)10-2-1-3-10/h4-7,10H,1-3,8H2,(H,14,15). The van der Waals surface area contributed by atoms with Gasteiger partial charge in [-0.15, -0.1) is 0 Å². The number of hydrogen-bond donors (Lipinski definition) is 1. The predicted octanol–water partition coefficient (Wildman–Crippen LogP) is 2.87. The Kier molecular flexibility index (Phi) is 3.41. The van der Waals surface area contributed by atoms with Crippen molar-refractivity contribution in [2.24, 2.45) is 5.92 Å². The Morgan fingerprint density at radius 1 is 1.33 bits per heavy atom. The number of carbonyl (C=O) groups is 1. The first-order chi connectivity index (χ1) is 7.25. The number of amides is 1. The average Bonchev–Trinajstić information content (AvgIpc) is 2.14. The van der Waals surface area contributed by atoms with Gasteiger partial charge in [0.25, 0.3) is 0 Å². The first-order valence-corrected chi connectivity index (χ1v) is 6.07. The second-order valence-electron chi connectivity index (χ2n) is 3.97. The lowest BCUT2D eigenvalue weighted by Gasteiger charge is -2.24. The van der Waals surface area contributed by atoms with E-state index in [0.29, 0.717) is 6.54 Å². The summed E-state index contributed by atoms with van der Waals surface area (Å²) in [6.07, 6.45) is 3.33. The smallest absolute Gasteiger partial charge is 0.223 e. The van der Waals surface area contributed by atoms with E-state index in [-0.39, 0.29) is 11.8 Å². The third-order valence-corrected chi connectivity index (χ3v) is 3.38. The highest BCUT2D eigenvalue weighted by Gasteiger charge is 2.24. The van der Waals surface area contributed by atoms with Crippen LogP contribution in [-0.2, 0) is 11.3 Å². The van der Waals surface area contributed by atoms with Crippen molar-refractivity contribution >= 4 is 21.8 Å². The SMILES string of the molecule is O=C(NCc1ccc(Br)cc1)C1CCC1. The summed E-state index contributed by atoms with van der Waals surface area (Å²) in [5, 5.41) is 2.97. The van der Waals surface area contributed by atoms with Crippen molar-refractivity contribution in [1.29, 1.82) is 0 Å². The van der Waals surface area contributed by atoms with Gasteiger partial charge in [-0.1, -0.05) is 34.5 Å². The average molecular weight is 268 g/mol. The fraction of sp³-hybridized carbons (Fsp3) is 0.417. The van der Waals surface area contributed by atoms with Crippen LogP contribution >= 0.6 is 15.9 Å². The minimum absolute atomic E-state index is 0.212. The van der Waals surface area contributed by atoms with Crippen molar-refractivity contribution in [3.05, 3.63) is 34.3 Å². The van der Waals surface area contributed by atoms with E-state index in [4.69, 9.17) is 0 Å². The van der Waals surface area contributed by atoms with Crippen molar-refractivity contribution < 1.29 is 4.79 Å². The highest BCUT2D eigenvalue weighted by atomic mass is 79.9. The third kappa shape index (κ3) is 2.81. The molecular weight excluding hydrogens is 254 g/mol. The van der Waals surface area contributed by atoms with E-state index in [9.17, 15) is 4.79 Å². The Balaban J connectivity index is 1.82. The van der Waals surface area contributed by atoms with Gasteiger partial charge in [-0.3, -0.25) is 4.79 Å². The highest BCUT2D eigenvalue weighted by Crippen LogP contribution is 2.26. The van der Waals surface area contributed by atoms with Gasteiger partial charge in [-0.2, -0.15) is 0 Å². The van der Waals surface area contributed by atoms with Gasteiger partial charge in [-0.25, -0.2) is 0 Å². The van der Waals surface area contributed by atoms with Gasteiger partial charge in [0.2, 0.25) is 5.91 Å². The molecule has 0 atom stereocenters. The molecule has 80 valence electrons. The zero-order valence-corrected chi connectivity index (χ0v) is 10.1. The molecule has 0 unspecified atom stereocenters. The maximum atomic E-state index is 11.5. The van der Waals surface area contributed by atoms with Crippen molar-refractivity contribution in [2.75, 3.05) is 0 Å². The van der Waals surface area contributed by atoms with Gasteiger partial charge in [-0.05, 0) is 30.5 Å². The lowest BCUT2D eigenvalue weighted by Crippen LogP contribution is -2.33. The summed E-state index contributed by atoms with van der Waals surface area (Å²) in [6.45, 7) is 0.641. The first kappa shape index (κ1) is 10.7. The summed E-state index contributed by atoms with van der Waals surface area (Å²) in [4.78, 5) is 11.5. The van der Waals surface area contributed by atoms with Gasteiger partial charge in [0.05, 0.1) is 0 Å². The molecule has 0 heterocycles. The minimum atomic E-state index is 0.212. The largest absolute Gasteiger partial charge is 0.352 e. The van der Waals surface area contributed by atoms with E-state index < -0.39 is 0 Å². The van der Waals surface area contributed by atoms with Crippen LogP contribution in [0, 0.1) is 5.92 Å². The van der Waals surface area contributed by atoms with Crippen LogP contribution in [0.3, 0.4) is 0 Å². The molecule has 0 saturated heterocycles. The van der Waals surface area contributed by atoms with E-state index in [1.54, 1.807) is 0 Å². The van der Waals surface area contributed by atoms with E-state index in [1.165, 1.54) is 6.42 Å². The monoisotopic (exact) mass is 267 g/mol. The van der Waals surface area contributed by atoms with Gasteiger partial charge < -0.3 is 5.32 Å². The van der Waals surface area contributed by atoms with Crippen molar-refractivity contribution in [1.82, 2.24) is 5.32 Å². The number of carbonyl (C=O) groups excluding carboxylic acids is 1. The minimum Gasteiger partial charge on any atom is -0.352 e. The molecule has 0 radical (unpaired) electrons. The molecule has 0 spiro atoms. The van der Waals surface area contributed by atoms with Crippen LogP contribution in [-0.4, -0.2) is 5.91 Å². The molecule has 15 heavy (non-hydrogen) atoms. The summed E-state index contributed by atoms with van der Waals surface area (Å²) < 4.78 is 1.07. The van der Waals surface area contributed by atoms with Crippen LogP contribution in [0.1, 0.15) is 24.8 Å². The van der Waals surface area contributed by atoms with E-state index in [2.05, 4.69) is 21.2 Å². The molecule has 3 heteroatoms. The molecule has 1 saturated carbocycles. The summed E-state index contributed by atoms with van der Waals surface area (Å²) in [6, 6.07) is 8.02. The molecule has 1 N–H and O–H groups in total. The fourth-order valence-corrected chi connectivity index (χ4v) is 1.87. The quantitative estimate of drug-likeness (QED) is 0.897. The zero-order chi connectivity index (χ0) is 10.7. The molecule has 2 rings (SSSR count). The van der Waals surface area contributed by atoms with Crippen LogP contribution in [0.4, 0.5) is 0 Å². The first-order valence-electron chi connectivity index (χ1n) is 5.28. The molecule has 0 aliphatic heterocycles. The van der Waals surface area contributed by atoms with Gasteiger partial charge in [0.1, 0.15) is 0 Å². The Labute approximate surface area is 98.2 Å². The number of benzene rings is 1. The predicted molar refractivity (Wildman–Crippen MR) is 63.3 cm³/mol. The van der Waals surface area contributed by atoms with Gasteiger partial charge >= 0.3 is 0 Å². The topological polar surface area (TPSA) is 29.1 Å². The zero-order valence-electron chi connectivity index (χ0n) is 8.50. The van der Waals surface area contributed by atoms with Crippen LogP contribution in [0.2, 0.25) is 0 Å². The Morgan fingerprint density at radius 2 is 2.00 bits per heavy atom. The molecule has 1 aliphatic rings.